The first-order chi connectivity index (χ1) is 13.2. The number of carbonyl (C=O) groups excluding carboxylic acids is 1. The van der Waals surface area contributed by atoms with E-state index in [0.717, 1.165) is 47.0 Å². The summed E-state index contributed by atoms with van der Waals surface area (Å²) in [5, 5.41) is 23.6. The summed E-state index contributed by atoms with van der Waals surface area (Å²) >= 11 is 0. The second kappa shape index (κ2) is 8.42. The molecule has 28 heavy (non-hydrogen) atoms. The summed E-state index contributed by atoms with van der Waals surface area (Å²) in [6, 6.07) is 13.8. The number of aromatic amines is 1. The minimum Gasteiger partial charge on any atom is -0.316 e. The van der Waals surface area contributed by atoms with Crippen LogP contribution < -0.4 is 10.6 Å². The number of carbonyl (C=O) groups is 1. The largest absolute Gasteiger partial charge is 0.316 e. The van der Waals surface area contributed by atoms with Crippen LogP contribution >= 0.6 is 12.4 Å². The minimum atomic E-state index is -0.0248. The molecule has 1 aliphatic rings. The SMILES string of the molecule is Cc1ccc(C#N)cc1-c1ccc2[nH]nc(NC(=O)[C@@H]3CCCNC3)c2c1.Cl. The Labute approximate surface area is 169 Å². The van der Waals surface area contributed by atoms with Gasteiger partial charge in [-0.05, 0) is 67.3 Å². The van der Waals surface area contributed by atoms with Crippen LogP contribution in [-0.4, -0.2) is 29.2 Å². The zero-order chi connectivity index (χ0) is 18.8. The van der Waals surface area contributed by atoms with Crippen LogP contribution in [0.5, 0.6) is 0 Å². The molecule has 7 heteroatoms. The zero-order valence-corrected chi connectivity index (χ0v) is 16.4. The number of aryl methyl sites for hydroxylation is 1. The fourth-order valence-electron chi connectivity index (χ4n) is 3.57. The lowest BCUT2D eigenvalue weighted by Crippen LogP contribution is -2.37. The highest BCUT2D eigenvalue weighted by molar-refractivity contribution is 6.01. The van der Waals surface area contributed by atoms with E-state index in [2.05, 4.69) is 26.9 Å². The Bertz CT molecular complexity index is 1050. The van der Waals surface area contributed by atoms with Gasteiger partial charge >= 0.3 is 0 Å². The average Bonchev–Trinajstić information content (AvgIpc) is 3.11. The molecule has 1 atom stereocenters. The molecule has 2 heterocycles. The molecule has 3 N–H and O–H groups in total. The van der Waals surface area contributed by atoms with Crippen molar-refractivity contribution in [3.8, 4) is 17.2 Å². The molecule has 0 aliphatic carbocycles. The first-order valence-electron chi connectivity index (χ1n) is 9.16. The molecule has 0 bridgehead atoms. The first-order valence-corrected chi connectivity index (χ1v) is 9.16. The number of hydrogen-bond acceptors (Lipinski definition) is 4. The number of piperidine rings is 1. The van der Waals surface area contributed by atoms with Crippen LogP contribution in [0, 0.1) is 24.2 Å². The van der Waals surface area contributed by atoms with E-state index in [9.17, 15) is 10.1 Å². The van der Waals surface area contributed by atoms with Gasteiger partial charge in [-0.2, -0.15) is 10.4 Å². The summed E-state index contributed by atoms with van der Waals surface area (Å²) in [7, 11) is 0. The number of nitrogens with zero attached hydrogens (tertiary/aromatic N) is 2. The van der Waals surface area contributed by atoms with Crippen LogP contribution in [0.4, 0.5) is 5.82 Å². The third-order valence-electron chi connectivity index (χ3n) is 5.15. The average molecular weight is 396 g/mol. The Morgan fingerprint density at radius 3 is 2.89 bits per heavy atom. The third-order valence-corrected chi connectivity index (χ3v) is 5.15. The third kappa shape index (κ3) is 3.86. The quantitative estimate of drug-likeness (QED) is 0.629. The Kier molecular flexibility index (Phi) is 5.98. The topological polar surface area (TPSA) is 93.6 Å². The number of fused-ring (bicyclic) bond motifs is 1. The maximum absolute atomic E-state index is 12.6. The number of aromatic nitrogens is 2. The van der Waals surface area contributed by atoms with E-state index in [1.807, 2.05) is 43.3 Å². The molecule has 2 aromatic carbocycles. The van der Waals surface area contributed by atoms with Crippen molar-refractivity contribution in [2.24, 2.45) is 5.92 Å². The lowest BCUT2D eigenvalue weighted by molar-refractivity contribution is -0.120. The molecular formula is C21H22ClN5O. The van der Waals surface area contributed by atoms with E-state index < -0.39 is 0 Å². The summed E-state index contributed by atoms with van der Waals surface area (Å²) < 4.78 is 0. The number of benzene rings is 2. The van der Waals surface area contributed by atoms with Crippen molar-refractivity contribution in [3.63, 3.8) is 0 Å². The highest BCUT2D eigenvalue weighted by Gasteiger charge is 2.22. The molecule has 0 saturated carbocycles. The zero-order valence-electron chi connectivity index (χ0n) is 15.6. The van der Waals surface area contributed by atoms with Gasteiger partial charge in [-0.25, -0.2) is 0 Å². The van der Waals surface area contributed by atoms with Crippen LogP contribution in [0.2, 0.25) is 0 Å². The highest BCUT2D eigenvalue weighted by Crippen LogP contribution is 2.30. The monoisotopic (exact) mass is 395 g/mol. The number of nitrogens with one attached hydrogen (secondary N) is 3. The second-order valence-corrected chi connectivity index (χ2v) is 7.01. The van der Waals surface area contributed by atoms with E-state index in [4.69, 9.17) is 0 Å². The Morgan fingerprint density at radius 1 is 1.29 bits per heavy atom. The maximum atomic E-state index is 12.6. The fourth-order valence-corrected chi connectivity index (χ4v) is 3.57. The van der Waals surface area contributed by atoms with Crippen LogP contribution in [-0.2, 0) is 4.79 Å². The molecule has 6 nitrogen and oxygen atoms in total. The van der Waals surface area contributed by atoms with E-state index in [1.54, 1.807) is 0 Å². The van der Waals surface area contributed by atoms with E-state index >= 15 is 0 Å². The van der Waals surface area contributed by atoms with E-state index in [1.165, 1.54) is 0 Å². The molecule has 1 fully saturated rings. The molecule has 4 rings (SSSR count). The van der Waals surface area contributed by atoms with Gasteiger partial charge in [-0.1, -0.05) is 12.1 Å². The van der Waals surface area contributed by atoms with Gasteiger partial charge in [0.2, 0.25) is 5.91 Å². The summed E-state index contributed by atoms with van der Waals surface area (Å²) in [6.07, 6.45) is 1.91. The van der Waals surface area contributed by atoms with Gasteiger partial charge in [0.15, 0.2) is 5.82 Å². The Balaban J connectivity index is 0.00000225. The van der Waals surface area contributed by atoms with Gasteiger partial charge in [-0.15, -0.1) is 12.4 Å². The van der Waals surface area contributed by atoms with Gasteiger partial charge in [0.1, 0.15) is 0 Å². The molecular weight excluding hydrogens is 374 g/mol. The molecule has 0 unspecified atom stereocenters. The molecule has 144 valence electrons. The van der Waals surface area contributed by atoms with Crippen molar-refractivity contribution in [3.05, 3.63) is 47.5 Å². The van der Waals surface area contributed by atoms with Crippen molar-refractivity contribution < 1.29 is 4.79 Å². The second-order valence-electron chi connectivity index (χ2n) is 7.01. The molecule has 1 aliphatic heterocycles. The van der Waals surface area contributed by atoms with Crippen molar-refractivity contribution in [2.45, 2.75) is 19.8 Å². The number of H-pyrrole nitrogens is 1. The van der Waals surface area contributed by atoms with Crippen molar-refractivity contribution in [1.82, 2.24) is 15.5 Å². The van der Waals surface area contributed by atoms with Crippen LogP contribution in [0.15, 0.2) is 36.4 Å². The van der Waals surface area contributed by atoms with Crippen molar-refractivity contribution >= 4 is 35.0 Å². The number of anilines is 1. The van der Waals surface area contributed by atoms with Gasteiger partial charge in [-0.3, -0.25) is 9.89 Å². The van der Waals surface area contributed by atoms with Gasteiger partial charge in [0.25, 0.3) is 0 Å². The lowest BCUT2D eigenvalue weighted by atomic mass is 9.97. The maximum Gasteiger partial charge on any atom is 0.229 e. The van der Waals surface area contributed by atoms with Gasteiger partial charge in [0, 0.05) is 11.9 Å². The normalized spacial score (nSPS) is 16.2. The predicted molar refractivity (Wildman–Crippen MR) is 112 cm³/mol. The highest BCUT2D eigenvalue weighted by atomic mass is 35.5. The summed E-state index contributed by atoms with van der Waals surface area (Å²) in [5.74, 6) is 0.531. The number of hydrogen-bond donors (Lipinski definition) is 3. The molecule has 1 saturated heterocycles. The number of rotatable bonds is 3. The van der Waals surface area contributed by atoms with E-state index in [0.29, 0.717) is 17.9 Å². The Hall–Kier alpha value is -2.88. The Morgan fingerprint density at radius 2 is 2.14 bits per heavy atom. The van der Waals surface area contributed by atoms with Gasteiger partial charge < -0.3 is 10.6 Å². The standard InChI is InChI=1S/C21H21N5O.ClH/c1-13-4-5-14(11-22)9-17(13)15-6-7-19-18(10-15)20(26-25-19)24-21(27)16-3-2-8-23-12-16;/h4-7,9-10,16,23H,2-3,8,12H2,1H3,(H2,24,25,26,27);1H/t16-;/m1./s1. The van der Waals surface area contributed by atoms with Gasteiger partial charge in [0.05, 0.1) is 23.1 Å². The molecule has 1 amide bonds. The number of amides is 1. The predicted octanol–water partition coefficient (Wildman–Crippen LogP) is 3.77. The molecule has 0 spiro atoms. The summed E-state index contributed by atoms with van der Waals surface area (Å²) in [4.78, 5) is 12.6. The minimum absolute atomic E-state index is 0. The summed E-state index contributed by atoms with van der Waals surface area (Å²) in [6.45, 7) is 3.70. The molecule has 0 radical (unpaired) electrons. The number of nitriles is 1. The molecule has 3 aromatic rings. The van der Waals surface area contributed by atoms with Crippen LogP contribution in [0.3, 0.4) is 0 Å². The summed E-state index contributed by atoms with van der Waals surface area (Å²) in [5.41, 5.74) is 4.58. The van der Waals surface area contributed by atoms with E-state index in [-0.39, 0.29) is 24.2 Å². The van der Waals surface area contributed by atoms with Crippen molar-refractivity contribution in [1.29, 1.82) is 5.26 Å². The molecule has 1 aromatic heterocycles. The fraction of sp³-hybridized carbons (Fsp3) is 0.286. The van der Waals surface area contributed by atoms with Crippen LogP contribution in [0.1, 0.15) is 24.0 Å². The van der Waals surface area contributed by atoms with Crippen LogP contribution in [0.25, 0.3) is 22.0 Å². The first kappa shape index (κ1) is 19.9. The number of halogens is 1. The smallest absolute Gasteiger partial charge is 0.229 e. The van der Waals surface area contributed by atoms with Crippen molar-refractivity contribution in [2.75, 3.05) is 18.4 Å². The lowest BCUT2D eigenvalue weighted by Gasteiger charge is -2.21.